The minimum absolute atomic E-state index is 0.349. The van der Waals surface area contributed by atoms with E-state index in [-0.39, 0.29) is 0 Å². The number of sulfonamides is 1. The third-order valence-corrected chi connectivity index (χ3v) is 6.80. The number of nitrogens with zero attached hydrogens (tertiary/aromatic N) is 5. The SMILES string of the molecule is C=CCn1cnn(CN2CCN(S(=O)(=O)c3ccc(C)cc3)CC2)c1=S. The summed E-state index contributed by atoms with van der Waals surface area (Å²) in [6.07, 6.45) is 3.47. The summed E-state index contributed by atoms with van der Waals surface area (Å²) >= 11 is 5.40. The third-order valence-electron chi connectivity index (χ3n) is 4.45. The Morgan fingerprint density at radius 3 is 2.46 bits per heavy atom. The summed E-state index contributed by atoms with van der Waals surface area (Å²) in [6.45, 7) is 9.02. The van der Waals surface area contributed by atoms with Gasteiger partial charge in [0.05, 0.1) is 11.6 Å². The van der Waals surface area contributed by atoms with Gasteiger partial charge in [0.2, 0.25) is 10.0 Å². The predicted molar refractivity (Wildman–Crippen MR) is 103 cm³/mol. The van der Waals surface area contributed by atoms with E-state index in [0.717, 1.165) is 5.56 Å². The standard InChI is InChI=1S/C17H23N5O2S2/c1-3-8-20-13-18-22(17(20)25)14-19-9-11-21(12-10-19)26(23,24)16-6-4-15(2)5-7-16/h3-7,13H,1,8-12,14H2,2H3. The topological polar surface area (TPSA) is 63.4 Å². The fraction of sp³-hybridized carbons (Fsp3) is 0.412. The van der Waals surface area contributed by atoms with Crippen molar-refractivity contribution in [1.82, 2.24) is 23.6 Å². The summed E-state index contributed by atoms with van der Waals surface area (Å²) in [6, 6.07) is 6.99. The lowest BCUT2D eigenvalue weighted by Gasteiger charge is -2.33. The highest BCUT2D eigenvalue weighted by molar-refractivity contribution is 7.89. The van der Waals surface area contributed by atoms with Crippen LogP contribution in [0.1, 0.15) is 5.56 Å². The fourth-order valence-corrected chi connectivity index (χ4v) is 4.54. The van der Waals surface area contributed by atoms with Crippen LogP contribution in [0.4, 0.5) is 0 Å². The van der Waals surface area contributed by atoms with Gasteiger partial charge >= 0.3 is 0 Å². The molecule has 0 saturated carbocycles. The van der Waals surface area contributed by atoms with E-state index >= 15 is 0 Å². The summed E-state index contributed by atoms with van der Waals surface area (Å²) in [5.74, 6) is 0. The Morgan fingerprint density at radius 1 is 1.19 bits per heavy atom. The number of hydrogen-bond donors (Lipinski definition) is 0. The second kappa shape index (κ2) is 7.83. The van der Waals surface area contributed by atoms with Crippen molar-refractivity contribution in [3.8, 4) is 0 Å². The Bertz CT molecular complexity index is 923. The van der Waals surface area contributed by atoms with Crippen molar-refractivity contribution in [2.75, 3.05) is 26.2 Å². The van der Waals surface area contributed by atoms with E-state index in [1.54, 1.807) is 33.5 Å². The zero-order chi connectivity index (χ0) is 18.7. The average Bonchev–Trinajstić information content (AvgIpc) is 2.96. The first-order valence-electron chi connectivity index (χ1n) is 8.44. The van der Waals surface area contributed by atoms with Crippen molar-refractivity contribution in [1.29, 1.82) is 0 Å². The average molecular weight is 394 g/mol. The van der Waals surface area contributed by atoms with E-state index in [9.17, 15) is 8.42 Å². The molecule has 2 heterocycles. The maximum atomic E-state index is 12.8. The second-order valence-electron chi connectivity index (χ2n) is 6.33. The molecular formula is C17H23N5O2S2. The second-order valence-corrected chi connectivity index (χ2v) is 8.63. The summed E-state index contributed by atoms with van der Waals surface area (Å²) in [7, 11) is -3.44. The van der Waals surface area contributed by atoms with E-state index in [1.807, 2.05) is 23.6 Å². The summed E-state index contributed by atoms with van der Waals surface area (Å²) in [5, 5.41) is 4.31. The van der Waals surface area contributed by atoms with Crippen LogP contribution in [-0.4, -0.2) is 58.1 Å². The predicted octanol–water partition coefficient (Wildman–Crippen LogP) is 1.87. The Kier molecular flexibility index (Phi) is 5.71. The molecule has 7 nitrogen and oxygen atoms in total. The highest BCUT2D eigenvalue weighted by atomic mass is 32.2. The molecule has 140 valence electrons. The van der Waals surface area contributed by atoms with Gasteiger partial charge in [-0.3, -0.25) is 4.90 Å². The van der Waals surface area contributed by atoms with Crippen LogP contribution in [0.5, 0.6) is 0 Å². The molecule has 0 N–H and O–H groups in total. The van der Waals surface area contributed by atoms with Gasteiger partial charge in [-0.15, -0.1) is 6.58 Å². The summed E-state index contributed by atoms with van der Waals surface area (Å²) in [5.41, 5.74) is 1.04. The molecule has 3 rings (SSSR count). The van der Waals surface area contributed by atoms with E-state index in [0.29, 0.717) is 49.1 Å². The molecule has 26 heavy (non-hydrogen) atoms. The Labute approximate surface area is 159 Å². The van der Waals surface area contributed by atoms with Gasteiger partial charge in [-0.05, 0) is 31.3 Å². The van der Waals surface area contributed by atoms with Crippen LogP contribution in [-0.2, 0) is 23.2 Å². The lowest BCUT2D eigenvalue weighted by Crippen LogP contribution is -2.48. The van der Waals surface area contributed by atoms with Crippen molar-refractivity contribution in [2.24, 2.45) is 0 Å². The van der Waals surface area contributed by atoms with Gasteiger partial charge < -0.3 is 4.57 Å². The molecule has 0 aliphatic carbocycles. The van der Waals surface area contributed by atoms with Crippen LogP contribution in [0.3, 0.4) is 0 Å². The molecule has 1 aromatic carbocycles. The Hall–Kier alpha value is -1.81. The molecule has 1 saturated heterocycles. The van der Waals surface area contributed by atoms with Crippen LogP contribution in [0.15, 0.2) is 48.1 Å². The fourth-order valence-electron chi connectivity index (χ4n) is 2.89. The van der Waals surface area contributed by atoms with E-state index in [4.69, 9.17) is 12.2 Å². The quantitative estimate of drug-likeness (QED) is 0.554. The van der Waals surface area contributed by atoms with Gasteiger partial charge in [-0.2, -0.15) is 9.40 Å². The van der Waals surface area contributed by atoms with Crippen LogP contribution in [0, 0.1) is 11.7 Å². The van der Waals surface area contributed by atoms with Gasteiger partial charge in [-0.1, -0.05) is 23.8 Å². The van der Waals surface area contributed by atoms with Gasteiger partial charge in [-0.25, -0.2) is 13.1 Å². The molecule has 0 spiro atoms. The first kappa shape index (κ1) is 19.0. The molecule has 1 aromatic heterocycles. The van der Waals surface area contributed by atoms with Crippen molar-refractivity contribution in [3.05, 3.63) is 53.6 Å². The van der Waals surface area contributed by atoms with Gasteiger partial charge in [0.1, 0.15) is 6.33 Å². The number of hydrogen-bond acceptors (Lipinski definition) is 5. The minimum Gasteiger partial charge on any atom is -0.303 e. The Morgan fingerprint density at radius 2 is 1.85 bits per heavy atom. The van der Waals surface area contributed by atoms with Gasteiger partial charge in [0.25, 0.3) is 0 Å². The van der Waals surface area contributed by atoms with Crippen LogP contribution in [0.25, 0.3) is 0 Å². The van der Waals surface area contributed by atoms with Crippen LogP contribution in [0.2, 0.25) is 0 Å². The van der Waals surface area contributed by atoms with Crippen LogP contribution >= 0.6 is 12.2 Å². The molecule has 0 bridgehead atoms. The lowest BCUT2D eigenvalue weighted by atomic mass is 10.2. The first-order chi connectivity index (χ1) is 12.4. The summed E-state index contributed by atoms with van der Waals surface area (Å²) < 4.78 is 31.3. The molecule has 1 aliphatic heterocycles. The number of aryl methyl sites for hydroxylation is 1. The zero-order valence-electron chi connectivity index (χ0n) is 14.8. The third kappa shape index (κ3) is 3.96. The summed E-state index contributed by atoms with van der Waals surface area (Å²) in [4.78, 5) is 2.50. The molecule has 1 aliphatic rings. The first-order valence-corrected chi connectivity index (χ1v) is 10.3. The highest BCUT2D eigenvalue weighted by Gasteiger charge is 2.28. The molecule has 2 aromatic rings. The molecule has 0 unspecified atom stereocenters. The molecule has 9 heteroatoms. The Balaban J connectivity index is 1.63. The van der Waals surface area contributed by atoms with Crippen molar-refractivity contribution in [3.63, 3.8) is 0 Å². The molecule has 1 fully saturated rings. The maximum absolute atomic E-state index is 12.8. The largest absolute Gasteiger partial charge is 0.303 e. The number of rotatable bonds is 6. The number of aromatic nitrogens is 3. The highest BCUT2D eigenvalue weighted by Crippen LogP contribution is 2.18. The van der Waals surface area contributed by atoms with Crippen molar-refractivity contribution >= 4 is 22.2 Å². The molecule has 0 atom stereocenters. The van der Waals surface area contributed by atoms with E-state index < -0.39 is 10.0 Å². The number of benzene rings is 1. The number of piperazine rings is 1. The van der Waals surface area contributed by atoms with Crippen molar-refractivity contribution in [2.45, 2.75) is 25.0 Å². The molecule has 0 radical (unpaired) electrons. The van der Waals surface area contributed by atoms with Crippen molar-refractivity contribution < 1.29 is 8.42 Å². The van der Waals surface area contributed by atoms with Gasteiger partial charge in [0.15, 0.2) is 4.77 Å². The number of allylic oxidation sites excluding steroid dienone is 1. The smallest absolute Gasteiger partial charge is 0.243 e. The van der Waals surface area contributed by atoms with E-state index in [2.05, 4.69) is 16.6 Å². The lowest BCUT2D eigenvalue weighted by molar-refractivity contribution is 0.144. The zero-order valence-corrected chi connectivity index (χ0v) is 16.4. The van der Waals surface area contributed by atoms with Crippen LogP contribution < -0.4 is 0 Å². The van der Waals surface area contributed by atoms with E-state index in [1.165, 1.54) is 0 Å². The molecule has 0 amide bonds. The maximum Gasteiger partial charge on any atom is 0.243 e. The normalized spacial score (nSPS) is 16.7. The monoisotopic (exact) mass is 393 g/mol. The molecular weight excluding hydrogens is 370 g/mol. The van der Waals surface area contributed by atoms with Gasteiger partial charge in [0, 0.05) is 32.7 Å². The minimum atomic E-state index is -3.44.